The molecule has 24 heavy (non-hydrogen) atoms. The van der Waals surface area contributed by atoms with Crippen LogP contribution in [-0.2, 0) is 4.79 Å². The van der Waals surface area contributed by atoms with Crippen molar-refractivity contribution in [3.8, 4) is 17.2 Å². The lowest BCUT2D eigenvalue weighted by Gasteiger charge is -2.26. The van der Waals surface area contributed by atoms with Crippen LogP contribution in [0.4, 0.5) is 0 Å². The van der Waals surface area contributed by atoms with Crippen molar-refractivity contribution < 1.29 is 19.0 Å². The zero-order chi connectivity index (χ0) is 16.9. The van der Waals surface area contributed by atoms with E-state index in [-0.39, 0.29) is 5.91 Å². The van der Waals surface area contributed by atoms with Crippen molar-refractivity contribution in [1.29, 1.82) is 0 Å². The van der Waals surface area contributed by atoms with Crippen LogP contribution in [0, 0.1) is 0 Å². The molecule has 0 aromatic heterocycles. The van der Waals surface area contributed by atoms with Gasteiger partial charge in [-0.2, -0.15) is 0 Å². The van der Waals surface area contributed by atoms with Gasteiger partial charge in [-0.25, -0.2) is 0 Å². The van der Waals surface area contributed by atoms with Crippen LogP contribution < -0.4 is 14.2 Å². The highest BCUT2D eigenvalue weighted by Crippen LogP contribution is 2.40. The van der Waals surface area contributed by atoms with Crippen LogP contribution in [0.15, 0.2) is 18.2 Å². The van der Waals surface area contributed by atoms with E-state index in [2.05, 4.69) is 0 Å². The summed E-state index contributed by atoms with van der Waals surface area (Å²) >= 11 is 0. The van der Waals surface area contributed by atoms with E-state index in [1.807, 2.05) is 30.0 Å². The van der Waals surface area contributed by atoms with Crippen LogP contribution >= 0.6 is 0 Å². The van der Waals surface area contributed by atoms with E-state index < -0.39 is 0 Å². The Labute approximate surface area is 143 Å². The van der Waals surface area contributed by atoms with Gasteiger partial charge in [0.25, 0.3) is 0 Å². The van der Waals surface area contributed by atoms with Crippen molar-refractivity contribution in [1.82, 2.24) is 4.90 Å². The quantitative estimate of drug-likeness (QED) is 0.777. The molecule has 1 saturated carbocycles. The van der Waals surface area contributed by atoms with Gasteiger partial charge < -0.3 is 19.1 Å². The molecular formula is C19H25NO4. The van der Waals surface area contributed by atoms with Crippen LogP contribution in [0.2, 0.25) is 0 Å². The van der Waals surface area contributed by atoms with Crippen molar-refractivity contribution in [2.24, 2.45) is 0 Å². The molecule has 0 spiro atoms. The molecule has 3 rings (SSSR count). The molecule has 0 N–H and O–H groups in total. The minimum Gasteiger partial charge on any atom is -0.493 e. The zero-order valence-electron chi connectivity index (χ0n) is 14.4. The summed E-state index contributed by atoms with van der Waals surface area (Å²) in [6, 6.07) is 4.14. The Balaban J connectivity index is 1.76. The lowest BCUT2D eigenvalue weighted by molar-refractivity contribution is -0.127. The third-order valence-electron chi connectivity index (χ3n) is 4.66. The molecular weight excluding hydrogens is 306 g/mol. The van der Waals surface area contributed by atoms with Gasteiger partial charge in [0.1, 0.15) is 13.2 Å². The van der Waals surface area contributed by atoms with Gasteiger partial charge in [0.15, 0.2) is 11.5 Å². The number of hydrogen-bond acceptors (Lipinski definition) is 4. The molecule has 0 unspecified atom stereocenters. The fourth-order valence-corrected chi connectivity index (χ4v) is 3.46. The molecule has 0 saturated heterocycles. The van der Waals surface area contributed by atoms with Crippen molar-refractivity contribution in [2.45, 2.75) is 38.6 Å². The molecule has 2 aliphatic rings. The zero-order valence-corrected chi connectivity index (χ0v) is 14.4. The average molecular weight is 331 g/mol. The van der Waals surface area contributed by atoms with Gasteiger partial charge in [0, 0.05) is 18.7 Å². The minimum atomic E-state index is 0.0678. The lowest BCUT2D eigenvalue weighted by Crippen LogP contribution is -2.37. The molecule has 0 bridgehead atoms. The van der Waals surface area contributed by atoms with Gasteiger partial charge in [-0.15, -0.1) is 0 Å². The third kappa shape index (κ3) is 3.50. The summed E-state index contributed by atoms with van der Waals surface area (Å²) in [6.45, 7) is 3.83. The second-order valence-electron chi connectivity index (χ2n) is 6.14. The van der Waals surface area contributed by atoms with Gasteiger partial charge in [-0.3, -0.25) is 4.79 Å². The van der Waals surface area contributed by atoms with Crippen molar-refractivity contribution >= 4 is 12.0 Å². The van der Waals surface area contributed by atoms with Crippen LogP contribution in [0.5, 0.6) is 17.2 Å². The van der Waals surface area contributed by atoms with Crippen molar-refractivity contribution in [3.63, 3.8) is 0 Å². The molecule has 5 heteroatoms. The smallest absolute Gasteiger partial charge is 0.246 e. The summed E-state index contributed by atoms with van der Waals surface area (Å²) < 4.78 is 16.6. The summed E-state index contributed by atoms with van der Waals surface area (Å²) in [4.78, 5) is 14.5. The normalized spacial score (nSPS) is 17.2. The lowest BCUT2D eigenvalue weighted by atomic mass is 10.1. The number of nitrogens with zero attached hydrogens (tertiary/aromatic N) is 1. The number of likely N-dealkylation sites (N-methyl/N-ethyl adjacent to an activating group) is 1. The van der Waals surface area contributed by atoms with Gasteiger partial charge in [0.05, 0.1) is 7.11 Å². The largest absolute Gasteiger partial charge is 0.493 e. The Hall–Kier alpha value is -2.17. The van der Waals surface area contributed by atoms with E-state index in [0.717, 1.165) is 24.9 Å². The second kappa shape index (κ2) is 7.60. The molecule has 1 heterocycles. The summed E-state index contributed by atoms with van der Waals surface area (Å²) in [5.74, 6) is 1.99. The first-order chi connectivity index (χ1) is 11.7. The Morgan fingerprint density at radius 1 is 1.29 bits per heavy atom. The average Bonchev–Trinajstić information content (AvgIpc) is 3.14. The summed E-state index contributed by atoms with van der Waals surface area (Å²) in [7, 11) is 1.60. The molecule has 1 aliphatic carbocycles. The Kier molecular flexibility index (Phi) is 5.28. The first-order valence-corrected chi connectivity index (χ1v) is 8.69. The number of rotatable bonds is 5. The molecule has 5 nitrogen and oxygen atoms in total. The highest BCUT2D eigenvalue weighted by Gasteiger charge is 2.24. The number of carbonyl (C=O) groups is 1. The Morgan fingerprint density at radius 2 is 2.04 bits per heavy atom. The molecule has 1 aliphatic heterocycles. The fourth-order valence-electron chi connectivity index (χ4n) is 3.46. The minimum absolute atomic E-state index is 0.0678. The molecule has 1 fully saturated rings. The first-order valence-electron chi connectivity index (χ1n) is 8.69. The van der Waals surface area contributed by atoms with E-state index in [4.69, 9.17) is 14.2 Å². The topological polar surface area (TPSA) is 48.0 Å². The van der Waals surface area contributed by atoms with Crippen molar-refractivity contribution in [2.75, 3.05) is 26.9 Å². The molecule has 0 radical (unpaired) electrons. The summed E-state index contributed by atoms with van der Waals surface area (Å²) in [5, 5.41) is 0. The third-order valence-corrected chi connectivity index (χ3v) is 4.66. The number of hydrogen-bond donors (Lipinski definition) is 0. The van der Waals surface area contributed by atoms with E-state index in [0.29, 0.717) is 36.5 Å². The van der Waals surface area contributed by atoms with Crippen LogP contribution in [0.25, 0.3) is 6.08 Å². The standard InChI is InChI=1S/C19H25NO4/c1-3-20(15-6-4-5-7-15)18(21)9-8-14-12-16(22-2)19-17(13-14)23-10-11-24-19/h8-9,12-13,15H,3-7,10-11H2,1-2H3/b9-8+. The number of carbonyl (C=O) groups excluding carboxylic acids is 1. The summed E-state index contributed by atoms with van der Waals surface area (Å²) in [6.07, 6.45) is 8.14. The SMILES string of the molecule is CCN(C(=O)/C=C/c1cc(OC)c2c(c1)OCCO2)C1CCCC1. The maximum absolute atomic E-state index is 12.5. The van der Waals surface area contributed by atoms with E-state index >= 15 is 0 Å². The highest BCUT2D eigenvalue weighted by atomic mass is 16.6. The van der Waals surface area contributed by atoms with Crippen molar-refractivity contribution in [3.05, 3.63) is 23.8 Å². The van der Waals surface area contributed by atoms with Crippen LogP contribution in [-0.4, -0.2) is 43.7 Å². The van der Waals surface area contributed by atoms with Gasteiger partial charge in [-0.05, 0) is 43.5 Å². The maximum Gasteiger partial charge on any atom is 0.246 e. The summed E-state index contributed by atoms with van der Waals surface area (Å²) in [5.41, 5.74) is 0.868. The maximum atomic E-state index is 12.5. The molecule has 0 atom stereocenters. The molecule has 130 valence electrons. The van der Waals surface area contributed by atoms with Gasteiger partial charge in [-0.1, -0.05) is 12.8 Å². The number of amides is 1. The Bertz CT molecular complexity index is 603. The van der Waals surface area contributed by atoms with E-state index in [1.54, 1.807) is 13.2 Å². The molecule has 1 aromatic rings. The van der Waals surface area contributed by atoms with E-state index in [9.17, 15) is 4.79 Å². The second-order valence-corrected chi connectivity index (χ2v) is 6.14. The number of benzene rings is 1. The molecule has 1 aromatic carbocycles. The van der Waals surface area contributed by atoms with Crippen LogP contribution in [0.3, 0.4) is 0 Å². The predicted octanol–water partition coefficient (Wildman–Crippen LogP) is 3.27. The fraction of sp³-hybridized carbons (Fsp3) is 0.526. The Morgan fingerprint density at radius 3 is 2.75 bits per heavy atom. The first kappa shape index (κ1) is 16.7. The highest BCUT2D eigenvalue weighted by molar-refractivity contribution is 5.92. The number of methoxy groups -OCH3 is 1. The number of ether oxygens (including phenoxy) is 3. The van der Waals surface area contributed by atoms with Crippen LogP contribution in [0.1, 0.15) is 38.2 Å². The van der Waals surface area contributed by atoms with E-state index in [1.165, 1.54) is 12.8 Å². The van der Waals surface area contributed by atoms with Gasteiger partial charge >= 0.3 is 0 Å². The monoisotopic (exact) mass is 331 g/mol. The van der Waals surface area contributed by atoms with Gasteiger partial charge in [0.2, 0.25) is 11.7 Å². The number of fused-ring (bicyclic) bond motifs is 1. The molecule has 1 amide bonds. The predicted molar refractivity (Wildman–Crippen MR) is 92.7 cm³/mol.